The molecule has 0 bridgehead atoms. The molecule has 0 spiro atoms. The Morgan fingerprint density at radius 2 is 2.09 bits per heavy atom. The third kappa shape index (κ3) is 5.48. The van der Waals surface area contributed by atoms with Gasteiger partial charge in [0.25, 0.3) is 5.91 Å². The first-order valence-electron chi connectivity index (χ1n) is 10.5. The number of amides is 1. The third-order valence-corrected chi connectivity index (χ3v) is 6.81. The maximum absolute atomic E-state index is 13.9. The highest BCUT2D eigenvalue weighted by molar-refractivity contribution is 7.17. The zero-order valence-electron chi connectivity index (χ0n) is 18.1. The van der Waals surface area contributed by atoms with Crippen LogP contribution in [-0.2, 0) is 38.3 Å². The van der Waals surface area contributed by atoms with Crippen LogP contribution in [0.15, 0.2) is 18.2 Å². The minimum Gasteiger partial charge on any atom is -0.462 e. The molecule has 0 saturated carbocycles. The molecule has 6 nitrogen and oxygen atoms in total. The number of esters is 2. The smallest absolute Gasteiger partial charge is 0.341 e. The average Bonchev–Trinajstić information content (AvgIpc) is 3.07. The molecular formula is C23H25ClFNO5S. The topological polar surface area (TPSA) is 81.7 Å². The summed E-state index contributed by atoms with van der Waals surface area (Å²) in [5.74, 6) is -1.98. The van der Waals surface area contributed by atoms with Gasteiger partial charge in [-0.3, -0.25) is 9.59 Å². The fourth-order valence-electron chi connectivity index (χ4n) is 3.61. The Kier molecular flexibility index (Phi) is 7.90. The van der Waals surface area contributed by atoms with E-state index in [-0.39, 0.29) is 17.2 Å². The molecule has 0 radical (unpaired) electrons. The molecule has 2 atom stereocenters. The summed E-state index contributed by atoms with van der Waals surface area (Å²) in [7, 11) is 0. The van der Waals surface area contributed by atoms with Crippen molar-refractivity contribution < 1.29 is 28.2 Å². The fourth-order valence-corrected chi connectivity index (χ4v) is 5.24. The molecule has 172 valence electrons. The number of benzene rings is 1. The SMILES string of the molecule is CCOC(=O)c1c(NC(=O)[C@@H](C)OC(=O)Cc2c(F)cccc2Cl)sc2c1CC[C@@H](C)C2. The van der Waals surface area contributed by atoms with Gasteiger partial charge in [0.1, 0.15) is 10.8 Å². The molecule has 2 aromatic rings. The lowest BCUT2D eigenvalue weighted by atomic mass is 9.88. The summed E-state index contributed by atoms with van der Waals surface area (Å²) in [5, 5.41) is 3.22. The Labute approximate surface area is 195 Å². The second-order valence-corrected chi connectivity index (χ2v) is 9.29. The van der Waals surface area contributed by atoms with E-state index in [2.05, 4.69) is 12.2 Å². The Bertz CT molecular complexity index is 1020. The molecule has 32 heavy (non-hydrogen) atoms. The van der Waals surface area contributed by atoms with Gasteiger partial charge in [0.05, 0.1) is 18.6 Å². The van der Waals surface area contributed by atoms with Crippen LogP contribution in [0.2, 0.25) is 5.02 Å². The minimum atomic E-state index is -1.15. The maximum atomic E-state index is 13.9. The number of halogens is 2. The van der Waals surface area contributed by atoms with Gasteiger partial charge in [-0.25, -0.2) is 9.18 Å². The van der Waals surface area contributed by atoms with Gasteiger partial charge < -0.3 is 14.8 Å². The molecule has 1 aromatic carbocycles. The number of carbonyl (C=O) groups is 3. The Morgan fingerprint density at radius 1 is 1.34 bits per heavy atom. The number of thiophene rings is 1. The zero-order valence-corrected chi connectivity index (χ0v) is 19.7. The summed E-state index contributed by atoms with van der Waals surface area (Å²) < 4.78 is 24.3. The van der Waals surface area contributed by atoms with Crippen LogP contribution >= 0.6 is 22.9 Å². The Balaban J connectivity index is 1.72. The third-order valence-electron chi connectivity index (χ3n) is 5.29. The predicted octanol–water partition coefficient (Wildman–Crippen LogP) is 4.96. The molecule has 0 unspecified atom stereocenters. The molecule has 0 fully saturated rings. The van der Waals surface area contributed by atoms with E-state index in [1.165, 1.54) is 36.5 Å². The van der Waals surface area contributed by atoms with Gasteiger partial charge in [0.15, 0.2) is 6.10 Å². The van der Waals surface area contributed by atoms with Gasteiger partial charge in [-0.05, 0) is 56.7 Å². The standard InChI is InChI=1S/C23H25ClFNO5S/c1-4-30-23(29)20-14-9-8-12(2)10-18(14)32-22(20)26-21(28)13(3)31-19(27)11-15-16(24)6-5-7-17(15)25/h5-7,12-13H,4,8-11H2,1-3H3,(H,26,28)/t12-,13-/m1/s1. The van der Waals surface area contributed by atoms with E-state index in [1.807, 2.05) is 0 Å². The van der Waals surface area contributed by atoms with E-state index >= 15 is 0 Å². The monoisotopic (exact) mass is 481 g/mol. The van der Waals surface area contributed by atoms with Crippen LogP contribution in [-0.4, -0.2) is 30.6 Å². The first kappa shape index (κ1) is 24.2. The lowest BCUT2D eigenvalue weighted by molar-refractivity contribution is -0.152. The van der Waals surface area contributed by atoms with Crippen LogP contribution in [0.1, 0.15) is 53.6 Å². The van der Waals surface area contributed by atoms with Crippen molar-refractivity contribution >= 4 is 45.8 Å². The summed E-state index contributed by atoms with van der Waals surface area (Å²) >= 11 is 7.29. The van der Waals surface area contributed by atoms with Crippen molar-refractivity contribution in [3.05, 3.63) is 50.6 Å². The molecule has 1 aromatic heterocycles. The normalized spacial score (nSPS) is 16.1. The van der Waals surface area contributed by atoms with Gasteiger partial charge in [-0.15, -0.1) is 11.3 Å². The van der Waals surface area contributed by atoms with Gasteiger partial charge in [0.2, 0.25) is 0 Å². The lowest BCUT2D eigenvalue weighted by Crippen LogP contribution is -2.31. The number of fused-ring (bicyclic) bond motifs is 1. The van der Waals surface area contributed by atoms with Crippen molar-refractivity contribution in [2.75, 3.05) is 11.9 Å². The molecule has 1 heterocycles. The summed E-state index contributed by atoms with van der Waals surface area (Å²) in [4.78, 5) is 38.6. The van der Waals surface area contributed by atoms with Crippen LogP contribution in [0, 0.1) is 11.7 Å². The quantitative estimate of drug-likeness (QED) is 0.565. The summed E-state index contributed by atoms with van der Waals surface area (Å²) in [6, 6.07) is 4.10. The van der Waals surface area contributed by atoms with Crippen molar-refractivity contribution in [3.63, 3.8) is 0 Å². The van der Waals surface area contributed by atoms with Crippen LogP contribution in [0.5, 0.6) is 0 Å². The Morgan fingerprint density at radius 3 is 2.78 bits per heavy atom. The predicted molar refractivity (Wildman–Crippen MR) is 121 cm³/mol. The summed E-state index contributed by atoms with van der Waals surface area (Å²) in [5.41, 5.74) is 1.31. The van der Waals surface area contributed by atoms with Crippen LogP contribution in [0.25, 0.3) is 0 Å². The van der Waals surface area contributed by atoms with Crippen molar-refractivity contribution in [2.45, 2.75) is 52.6 Å². The first-order chi connectivity index (χ1) is 15.2. The van der Waals surface area contributed by atoms with Gasteiger partial charge in [-0.1, -0.05) is 24.6 Å². The molecular weight excluding hydrogens is 457 g/mol. The van der Waals surface area contributed by atoms with Crippen molar-refractivity contribution in [1.82, 2.24) is 0 Å². The molecule has 3 rings (SSSR count). The summed E-state index contributed by atoms with van der Waals surface area (Å²) in [6.07, 6.45) is 0.973. The van der Waals surface area contributed by atoms with E-state index < -0.39 is 36.2 Å². The second-order valence-electron chi connectivity index (χ2n) is 7.77. The average molecular weight is 482 g/mol. The van der Waals surface area contributed by atoms with Crippen LogP contribution < -0.4 is 5.32 Å². The van der Waals surface area contributed by atoms with Gasteiger partial charge in [0, 0.05) is 15.5 Å². The van der Waals surface area contributed by atoms with E-state index in [4.69, 9.17) is 21.1 Å². The molecule has 9 heteroatoms. The minimum absolute atomic E-state index is 0.0106. The fraction of sp³-hybridized carbons (Fsp3) is 0.435. The van der Waals surface area contributed by atoms with E-state index in [9.17, 15) is 18.8 Å². The second kappa shape index (κ2) is 10.4. The molecule has 1 aliphatic carbocycles. The van der Waals surface area contributed by atoms with E-state index in [1.54, 1.807) is 6.92 Å². The molecule has 0 aliphatic heterocycles. The first-order valence-corrected chi connectivity index (χ1v) is 11.7. The highest BCUT2D eigenvalue weighted by atomic mass is 35.5. The van der Waals surface area contributed by atoms with Gasteiger partial charge in [-0.2, -0.15) is 0 Å². The highest BCUT2D eigenvalue weighted by Gasteiger charge is 2.30. The van der Waals surface area contributed by atoms with E-state index in [0.29, 0.717) is 16.5 Å². The number of ether oxygens (including phenoxy) is 2. The van der Waals surface area contributed by atoms with E-state index in [0.717, 1.165) is 29.7 Å². The summed E-state index contributed by atoms with van der Waals surface area (Å²) in [6.45, 7) is 5.50. The molecule has 1 N–H and O–H groups in total. The Hall–Kier alpha value is -2.45. The van der Waals surface area contributed by atoms with Crippen molar-refractivity contribution in [2.24, 2.45) is 5.92 Å². The number of carbonyl (C=O) groups excluding carboxylic acids is 3. The van der Waals surface area contributed by atoms with Gasteiger partial charge >= 0.3 is 11.9 Å². The van der Waals surface area contributed by atoms with Crippen LogP contribution in [0.4, 0.5) is 9.39 Å². The van der Waals surface area contributed by atoms with Crippen LogP contribution in [0.3, 0.4) is 0 Å². The lowest BCUT2D eigenvalue weighted by Gasteiger charge is -2.18. The largest absolute Gasteiger partial charge is 0.462 e. The number of rotatable bonds is 7. The highest BCUT2D eigenvalue weighted by Crippen LogP contribution is 2.40. The number of nitrogens with one attached hydrogen (secondary N) is 1. The van der Waals surface area contributed by atoms with Crippen molar-refractivity contribution in [3.8, 4) is 0 Å². The number of anilines is 1. The maximum Gasteiger partial charge on any atom is 0.341 e. The zero-order chi connectivity index (χ0) is 23.4. The number of hydrogen-bond donors (Lipinski definition) is 1. The molecule has 0 saturated heterocycles. The number of hydrogen-bond acceptors (Lipinski definition) is 6. The van der Waals surface area contributed by atoms with Crippen molar-refractivity contribution in [1.29, 1.82) is 0 Å². The molecule has 1 amide bonds. The molecule has 1 aliphatic rings.